The number of halogens is 3. The maximum absolute atomic E-state index is 13.2. The van der Waals surface area contributed by atoms with Crippen molar-refractivity contribution in [1.82, 2.24) is 0 Å². The van der Waals surface area contributed by atoms with Crippen molar-refractivity contribution in [3.8, 4) is 5.75 Å². The fourth-order valence-corrected chi connectivity index (χ4v) is 5.54. The molecule has 1 fully saturated rings. The number of thiophene rings is 1. The molecule has 1 unspecified atom stereocenters. The van der Waals surface area contributed by atoms with Gasteiger partial charge in [0.05, 0.1) is 22.7 Å². The van der Waals surface area contributed by atoms with Crippen LogP contribution in [0.1, 0.15) is 22.0 Å². The molecule has 0 aliphatic carbocycles. The molecule has 0 spiro atoms. The zero-order valence-electron chi connectivity index (χ0n) is 16.9. The smallest absolute Gasteiger partial charge is 0.300 e. The van der Waals surface area contributed by atoms with E-state index in [-0.39, 0.29) is 32.7 Å². The van der Waals surface area contributed by atoms with Crippen molar-refractivity contribution in [2.75, 3.05) is 12.0 Å². The van der Waals surface area contributed by atoms with Crippen LogP contribution in [-0.2, 0) is 9.59 Å². The van der Waals surface area contributed by atoms with Crippen LogP contribution in [0, 0.1) is 6.92 Å². The molecule has 0 bridgehead atoms. The Morgan fingerprint density at radius 2 is 1.78 bits per heavy atom. The lowest BCUT2D eigenvalue weighted by molar-refractivity contribution is -0.132. The zero-order chi connectivity index (χ0) is 23.2. The van der Waals surface area contributed by atoms with E-state index in [1.807, 2.05) is 18.4 Å². The summed E-state index contributed by atoms with van der Waals surface area (Å²) in [4.78, 5) is 28.4. The predicted molar refractivity (Wildman–Crippen MR) is 128 cm³/mol. The van der Waals surface area contributed by atoms with Crippen LogP contribution >= 0.6 is 46.1 Å². The summed E-state index contributed by atoms with van der Waals surface area (Å²) >= 11 is 20.0. The highest BCUT2D eigenvalue weighted by atomic mass is 35.5. The van der Waals surface area contributed by atoms with Crippen LogP contribution in [-0.4, -0.2) is 23.9 Å². The molecule has 9 heteroatoms. The van der Waals surface area contributed by atoms with Gasteiger partial charge in [-0.15, -0.1) is 11.3 Å². The number of aryl methyl sites for hydroxylation is 1. The number of ketones is 1. The molecule has 5 nitrogen and oxygen atoms in total. The number of hydrogen-bond donors (Lipinski definition) is 1. The van der Waals surface area contributed by atoms with Gasteiger partial charge < -0.3 is 9.84 Å². The number of aliphatic hydroxyl groups is 1. The minimum absolute atomic E-state index is 0.0576. The van der Waals surface area contributed by atoms with E-state index in [0.29, 0.717) is 10.7 Å². The Kier molecular flexibility index (Phi) is 6.23. The van der Waals surface area contributed by atoms with Gasteiger partial charge in [0.15, 0.2) is 5.75 Å². The maximum atomic E-state index is 13.2. The van der Waals surface area contributed by atoms with Crippen LogP contribution in [0.15, 0.2) is 53.4 Å². The second-order valence-electron chi connectivity index (χ2n) is 7.09. The number of carbonyl (C=O) groups is 2. The van der Waals surface area contributed by atoms with Crippen LogP contribution in [0.25, 0.3) is 5.76 Å². The van der Waals surface area contributed by atoms with E-state index in [1.165, 1.54) is 35.5 Å². The van der Waals surface area contributed by atoms with E-state index in [0.717, 1.165) is 10.4 Å². The Balaban J connectivity index is 1.97. The summed E-state index contributed by atoms with van der Waals surface area (Å²) in [6.45, 7) is 1.88. The average molecular weight is 509 g/mol. The van der Waals surface area contributed by atoms with Gasteiger partial charge in [-0.05, 0) is 54.3 Å². The summed E-state index contributed by atoms with van der Waals surface area (Å²) < 4.78 is 5.15. The number of nitrogens with zero attached hydrogens (tertiary/aromatic N) is 1. The number of carbonyl (C=O) groups excluding carboxylic acids is 2. The van der Waals surface area contributed by atoms with Gasteiger partial charge in [0, 0.05) is 21.2 Å². The molecule has 0 radical (unpaired) electrons. The van der Waals surface area contributed by atoms with Gasteiger partial charge in [-0.2, -0.15) is 0 Å². The van der Waals surface area contributed by atoms with Crippen LogP contribution in [0.4, 0.5) is 5.69 Å². The minimum Gasteiger partial charge on any atom is -0.507 e. The largest absolute Gasteiger partial charge is 0.507 e. The van der Waals surface area contributed by atoms with Gasteiger partial charge in [0.25, 0.3) is 11.7 Å². The van der Waals surface area contributed by atoms with Crippen molar-refractivity contribution >= 4 is 69.3 Å². The molecule has 4 rings (SSSR count). The summed E-state index contributed by atoms with van der Waals surface area (Å²) in [6, 6.07) is 10.6. The number of hydrogen-bond acceptors (Lipinski definition) is 5. The minimum atomic E-state index is -0.840. The number of methoxy groups -OCH3 is 1. The summed E-state index contributed by atoms with van der Waals surface area (Å²) in [7, 11) is 1.42. The standard InChI is InChI=1S/C23H16Cl3NO4S/c1-11-6-7-32-22(11)18-17(19(28)12-8-15(25)21(31-2)16(26)9-12)20(29)23(30)27(18)14-5-3-4-13(24)10-14/h3-10,18,28H,1-2H3/b19-17-. The number of Topliss-reactive ketones (excluding diaryl/α,β-unsaturated/α-hetero) is 1. The first-order valence-electron chi connectivity index (χ1n) is 9.38. The monoisotopic (exact) mass is 507 g/mol. The SMILES string of the molecule is COc1c(Cl)cc(/C(O)=C2/C(=O)C(=O)N(c3cccc(Cl)c3)C2c2sccc2C)cc1Cl. The first-order valence-corrected chi connectivity index (χ1v) is 11.4. The van der Waals surface area contributed by atoms with E-state index < -0.39 is 17.7 Å². The summed E-state index contributed by atoms with van der Waals surface area (Å²) in [5.74, 6) is -1.72. The van der Waals surface area contributed by atoms with E-state index in [9.17, 15) is 14.7 Å². The van der Waals surface area contributed by atoms with E-state index >= 15 is 0 Å². The fourth-order valence-electron chi connectivity index (χ4n) is 3.68. The molecule has 1 aromatic heterocycles. The molecule has 1 saturated heterocycles. The molecule has 0 saturated carbocycles. The Labute approximate surface area is 203 Å². The van der Waals surface area contributed by atoms with Crippen molar-refractivity contribution in [2.45, 2.75) is 13.0 Å². The van der Waals surface area contributed by atoms with Gasteiger partial charge in [0.1, 0.15) is 11.8 Å². The lowest BCUT2D eigenvalue weighted by Gasteiger charge is -2.25. The normalized spacial score (nSPS) is 17.8. The maximum Gasteiger partial charge on any atom is 0.300 e. The lowest BCUT2D eigenvalue weighted by atomic mass is 9.98. The second-order valence-corrected chi connectivity index (χ2v) is 9.29. The molecule has 164 valence electrons. The fraction of sp³-hybridized carbons (Fsp3) is 0.130. The third-order valence-electron chi connectivity index (χ3n) is 5.16. The molecule has 1 aliphatic rings. The number of aliphatic hydroxyl groups excluding tert-OH is 1. The molecular formula is C23H16Cl3NO4S. The Bertz CT molecular complexity index is 1260. The van der Waals surface area contributed by atoms with Gasteiger partial charge in [-0.3, -0.25) is 14.5 Å². The second kappa shape index (κ2) is 8.79. The molecule has 32 heavy (non-hydrogen) atoms. The molecule has 2 aromatic carbocycles. The van der Waals surface area contributed by atoms with Gasteiger partial charge in [-0.25, -0.2) is 0 Å². The van der Waals surface area contributed by atoms with Crippen molar-refractivity contribution in [1.29, 1.82) is 0 Å². The van der Waals surface area contributed by atoms with Gasteiger partial charge >= 0.3 is 0 Å². The number of amides is 1. The topological polar surface area (TPSA) is 66.8 Å². The first-order chi connectivity index (χ1) is 15.2. The molecule has 2 heterocycles. The Hall–Kier alpha value is -2.51. The molecule has 1 amide bonds. The van der Waals surface area contributed by atoms with Crippen molar-refractivity contribution in [3.05, 3.63) is 84.5 Å². The van der Waals surface area contributed by atoms with Gasteiger partial charge in [-0.1, -0.05) is 40.9 Å². The van der Waals surface area contributed by atoms with Crippen molar-refractivity contribution in [3.63, 3.8) is 0 Å². The first kappa shape index (κ1) is 22.7. The van der Waals surface area contributed by atoms with Gasteiger partial charge in [0.2, 0.25) is 0 Å². The van der Waals surface area contributed by atoms with Crippen molar-refractivity contribution < 1.29 is 19.4 Å². The molecule has 1 N–H and O–H groups in total. The highest BCUT2D eigenvalue weighted by Crippen LogP contribution is 2.46. The Morgan fingerprint density at radius 1 is 1.09 bits per heavy atom. The number of rotatable bonds is 4. The van der Waals surface area contributed by atoms with Crippen LogP contribution < -0.4 is 9.64 Å². The third-order valence-corrected chi connectivity index (χ3v) is 7.02. The molecular weight excluding hydrogens is 493 g/mol. The summed E-state index contributed by atoms with van der Waals surface area (Å²) in [6.07, 6.45) is 0. The zero-order valence-corrected chi connectivity index (χ0v) is 19.9. The number of anilines is 1. The number of benzene rings is 2. The van der Waals surface area contributed by atoms with Crippen LogP contribution in [0.5, 0.6) is 5.75 Å². The van der Waals surface area contributed by atoms with E-state index in [2.05, 4.69) is 0 Å². The highest BCUT2D eigenvalue weighted by molar-refractivity contribution is 7.10. The van der Waals surface area contributed by atoms with E-state index in [4.69, 9.17) is 39.5 Å². The average Bonchev–Trinajstić information content (AvgIpc) is 3.28. The van der Waals surface area contributed by atoms with Crippen molar-refractivity contribution in [2.24, 2.45) is 0 Å². The lowest BCUT2D eigenvalue weighted by Crippen LogP contribution is -2.29. The van der Waals surface area contributed by atoms with Crippen LogP contribution in [0.2, 0.25) is 15.1 Å². The Morgan fingerprint density at radius 3 is 2.34 bits per heavy atom. The third kappa shape index (κ3) is 3.77. The quantitative estimate of drug-likeness (QED) is 0.243. The molecule has 1 aliphatic heterocycles. The summed E-state index contributed by atoms with van der Waals surface area (Å²) in [5.41, 5.74) is 1.47. The molecule has 1 atom stereocenters. The van der Waals surface area contributed by atoms with E-state index in [1.54, 1.807) is 24.3 Å². The highest BCUT2D eigenvalue weighted by Gasteiger charge is 2.48. The molecule has 3 aromatic rings. The number of ether oxygens (including phenoxy) is 1. The van der Waals surface area contributed by atoms with Crippen LogP contribution in [0.3, 0.4) is 0 Å². The predicted octanol–water partition coefficient (Wildman–Crippen LogP) is 6.65. The summed E-state index contributed by atoms with van der Waals surface area (Å²) in [5, 5.41) is 13.8.